The SMILES string of the molecule is c1ccc([C@@H](c2nnnn2Cc2ccco2)N2CCN(c3nc4ccccc4s3)CC2)cc1. The van der Waals surface area contributed by atoms with Gasteiger partial charge < -0.3 is 9.32 Å². The predicted octanol–water partition coefficient (Wildman–Crippen LogP) is 3.84. The number of tetrazole rings is 1. The van der Waals surface area contributed by atoms with Gasteiger partial charge in [-0.25, -0.2) is 9.67 Å². The Bertz CT molecular complexity index is 1290. The maximum atomic E-state index is 5.54. The van der Waals surface area contributed by atoms with Gasteiger partial charge in [0, 0.05) is 26.2 Å². The minimum absolute atomic E-state index is 0.0336. The second-order valence-corrected chi connectivity index (χ2v) is 9.08. The number of rotatable bonds is 6. The van der Waals surface area contributed by atoms with Crippen molar-refractivity contribution < 1.29 is 4.42 Å². The van der Waals surface area contributed by atoms with E-state index in [-0.39, 0.29) is 6.04 Å². The number of anilines is 1. The number of fused-ring (bicyclic) bond motifs is 1. The van der Waals surface area contributed by atoms with Gasteiger partial charge in [-0.15, -0.1) is 5.10 Å². The molecule has 33 heavy (non-hydrogen) atoms. The van der Waals surface area contributed by atoms with Crippen molar-refractivity contribution in [3.8, 4) is 0 Å². The van der Waals surface area contributed by atoms with Crippen LogP contribution in [0.2, 0.25) is 0 Å². The highest BCUT2D eigenvalue weighted by atomic mass is 32.1. The highest BCUT2D eigenvalue weighted by Gasteiger charge is 2.31. The van der Waals surface area contributed by atoms with E-state index < -0.39 is 0 Å². The number of para-hydroxylation sites is 1. The van der Waals surface area contributed by atoms with Crippen molar-refractivity contribution in [3.63, 3.8) is 0 Å². The maximum absolute atomic E-state index is 5.54. The van der Waals surface area contributed by atoms with Crippen molar-refractivity contribution in [2.24, 2.45) is 0 Å². The zero-order valence-corrected chi connectivity index (χ0v) is 18.8. The lowest BCUT2D eigenvalue weighted by atomic mass is 10.0. The summed E-state index contributed by atoms with van der Waals surface area (Å²) in [6.07, 6.45) is 1.68. The molecule has 0 unspecified atom stereocenters. The molecule has 9 heteroatoms. The summed E-state index contributed by atoms with van der Waals surface area (Å²) in [5.41, 5.74) is 2.25. The second kappa shape index (κ2) is 8.76. The summed E-state index contributed by atoms with van der Waals surface area (Å²) < 4.78 is 8.61. The minimum atomic E-state index is -0.0336. The van der Waals surface area contributed by atoms with E-state index in [0.717, 1.165) is 48.4 Å². The van der Waals surface area contributed by atoms with Crippen LogP contribution < -0.4 is 4.90 Å². The Morgan fingerprint density at radius 1 is 0.909 bits per heavy atom. The van der Waals surface area contributed by atoms with E-state index in [1.165, 1.54) is 10.3 Å². The zero-order chi connectivity index (χ0) is 22.0. The molecule has 0 saturated carbocycles. The largest absolute Gasteiger partial charge is 0.467 e. The Kier molecular flexibility index (Phi) is 5.33. The average molecular weight is 458 g/mol. The summed E-state index contributed by atoms with van der Waals surface area (Å²) in [6.45, 7) is 4.10. The lowest BCUT2D eigenvalue weighted by Gasteiger charge is -2.38. The summed E-state index contributed by atoms with van der Waals surface area (Å²) in [6, 6.07) is 22.6. The Morgan fingerprint density at radius 2 is 1.73 bits per heavy atom. The Labute approximate surface area is 195 Å². The monoisotopic (exact) mass is 457 g/mol. The van der Waals surface area contributed by atoms with E-state index >= 15 is 0 Å². The van der Waals surface area contributed by atoms with Crippen LogP contribution in [0.3, 0.4) is 0 Å². The van der Waals surface area contributed by atoms with Crippen LogP contribution in [0.4, 0.5) is 5.13 Å². The zero-order valence-electron chi connectivity index (χ0n) is 18.0. The number of thiazole rings is 1. The first-order chi connectivity index (χ1) is 16.3. The summed E-state index contributed by atoms with van der Waals surface area (Å²) in [4.78, 5) is 9.70. The van der Waals surface area contributed by atoms with Gasteiger partial charge in [0.2, 0.25) is 0 Å². The average Bonchev–Trinajstić information content (AvgIpc) is 3.62. The number of piperazine rings is 1. The van der Waals surface area contributed by atoms with Crippen LogP contribution in [-0.4, -0.2) is 56.3 Å². The Morgan fingerprint density at radius 3 is 2.52 bits per heavy atom. The van der Waals surface area contributed by atoms with Crippen molar-refractivity contribution in [3.05, 3.63) is 90.1 Å². The molecular formula is C24H23N7OS. The number of benzene rings is 2. The summed E-state index contributed by atoms with van der Waals surface area (Å²) >= 11 is 1.76. The highest BCUT2D eigenvalue weighted by Crippen LogP contribution is 2.32. The number of hydrogen-bond donors (Lipinski definition) is 0. The Hall–Kier alpha value is -3.56. The third kappa shape index (κ3) is 4.01. The number of aromatic nitrogens is 5. The first kappa shape index (κ1) is 20.1. The van der Waals surface area contributed by atoms with Crippen molar-refractivity contribution in [2.75, 3.05) is 31.1 Å². The molecule has 0 radical (unpaired) electrons. The molecule has 6 rings (SSSR count). The Balaban J connectivity index is 1.26. The maximum Gasteiger partial charge on any atom is 0.186 e. The molecule has 1 aliphatic rings. The molecule has 0 aliphatic carbocycles. The van der Waals surface area contributed by atoms with Gasteiger partial charge >= 0.3 is 0 Å². The van der Waals surface area contributed by atoms with Crippen LogP contribution in [0.5, 0.6) is 0 Å². The fraction of sp³-hybridized carbons (Fsp3) is 0.250. The standard InChI is InChI=1S/C24H23N7OS/c1-2-7-18(8-3-1)22(23-26-27-28-31(23)17-19-9-6-16-32-19)29-12-14-30(15-13-29)24-25-20-10-4-5-11-21(20)33-24/h1-11,16,22H,12-15,17H2/t22-/m0/s1. The van der Waals surface area contributed by atoms with Crippen LogP contribution in [0.15, 0.2) is 77.4 Å². The van der Waals surface area contributed by atoms with Crippen molar-refractivity contribution in [1.82, 2.24) is 30.1 Å². The van der Waals surface area contributed by atoms with Crippen LogP contribution in [-0.2, 0) is 6.54 Å². The molecule has 0 N–H and O–H groups in total. The van der Waals surface area contributed by atoms with Crippen LogP contribution in [0, 0.1) is 0 Å². The molecule has 8 nitrogen and oxygen atoms in total. The number of furan rings is 1. The third-order valence-corrected chi connectivity index (χ3v) is 7.13. The van der Waals surface area contributed by atoms with Gasteiger partial charge in [-0.2, -0.15) is 0 Å². The lowest BCUT2D eigenvalue weighted by Crippen LogP contribution is -2.48. The first-order valence-corrected chi connectivity index (χ1v) is 11.8. The molecule has 1 fully saturated rings. The van der Waals surface area contributed by atoms with Gasteiger partial charge in [0.1, 0.15) is 12.3 Å². The van der Waals surface area contributed by atoms with Crippen LogP contribution in [0.1, 0.15) is 23.2 Å². The van der Waals surface area contributed by atoms with E-state index in [9.17, 15) is 0 Å². The fourth-order valence-corrected chi connectivity index (χ4v) is 5.41. The van der Waals surface area contributed by atoms with E-state index in [1.54, 1.807) is 17.6 Å². The van der Waals surface area contributed by atoms with Gasteiger partial charge in [0.25, 0.3) is 0 Å². The van der Waals surface area contributed by atoms with E-state index in [4.69, 9.17) is 9.40 Å². The molecule has 0 bridgehead atoms. The molecule has 2 aromatic carbocycles. The summed E-state index contributed by atoms with van der Waals surface area (Å²) in [5.74, 6) is 1.65. The number of nitrogens with zero attached hydrogens (tertiary/aromatic N) is 7. The highest BCUT2D eigenvalue weighted by molar-refractivity contribution is 7.22. The minimum Gasteiger partial charge on any atom is -0.467 e. The first-order valence-electron chi connectivity index (χ1n) is 11.0. The molecule has 0 spiro atoms. The lowest BCUT2D eigenvalue weighted by molar-refractivity contribution is 0.201. The molecule has 3 aromatic heterocycles. The quantitative estimate of drug-likeness (QED) is 0.383. The van der Waals surface area contributed by atoms with Gasteiger partial charge in [0.15, 0.2) is 11.0 Å². The van der Waals surface area contributed by atoms with Gasteiger partial charge in [-0.3, -0.25) is 4.90 Å². The second-order valence-electron chi connectivity index (χ2n) is 8.07. The molecule has 4 heterocycles. The molecule has 166 valence electrons. The van der Waals surface area contributed by atoms with E-state index in [2.05, 4.69) is 67.8 Å². The van der Waals surface area contributed by atoms with E-state index in [1.807, 2.05) is 28.9 Å². The molecule has 1 saturated heterocycles. The third-order valence-electron chi connectivity index (χ3n) is 6.04. The van der Waals surface area contributed by atoms with Crippen molar-refractivity contribution >= 4 is 26.7 Å². The summed E-state index contributed by atoms with van der Waals surface area (Å²) in [5, 5.41) is 13.8. The topological polar surface area (TPSA) is 76.1 Å². The molecule has 1 atom stereocenters. The fourth-order valence-electron chi connectivity index (χ4n) is 4.40. The van der Waals surface area contributed by atoms with Crippen LogP contribution >= 0.6 is 11.3 Å². The van der Waals surface area contributed by atoms with Gasteiger partial charge in [-0.1, -0.05) is 53.8 Å². The van der Waals surface area contributed by atoms with Gasteiger partial charge in [0.05, 0.1) is 22.5 Å². The van der Waals surface area contributed by atoms with E-state index in [0.29, 0.717) is 6.54 Å². The smallest absolute Gasteiger partial charge is 0.186 e. The molecule has 0 amide bonds. The van der Waals surface area contributed by atoms with Crippen LogP contribution in [0.25, 0.3) is 10.2 Å². The predicted molar refractivity (Wildman–Crippen MR) is 127 cm³/mol. The molecule has 1 aliphatic heterocycles. The molecular weight excluding hydrogens is 434 g/mol. The molecule has 5 aromatic rings. The van der Waals surface area contributed by atoms with Gasteiger partial charge in [-0.05, 0) is 40.3 Å². The van der Waals surface area contributed by atoms with Crippen molar-refractivity contribution in [1.29, 1.82) is 0 Å². The van der Waals surface area contributed by atoms with Crippen molar-refractivity contribution in [2.45, 2.75) is 12.6 Å². The normalized spacial score (nSPS) is 15.8. The number of hydrogen-bond acceptors (Lipinski definition) is 8. The summed E-state index contributed by atoms with van der Waals surface area (Å²) in [7, 11) is 0.